The summed E-state index contributed by atoms with van der Waals surface area (Å²) >= 11 is 0. The number of nitrogens with zero attached hydrogens (tertiary/aromatic N) is 1. The molecule has 0 heterocycles. The summed E-state index contributed by atoms with van der Waals surface area (Å²) in [5.74, 6) is -0.454. The number of likely N-dealkylation sites (N-methyl/N-ethyl adjacent to an activating group) is 1. The van der Waals surface area contributed by atoms with E-state index in [4.69, 9.17) is 4.74 Å². The van der Waals surface area contributed by atoms with Gasteiger partial charge in [0.2, 0.25) is 0 Å². The number of carbonyl (C=O) groups excluding carboxylic acids is 2. The molecule has 0 aromatic heterocycles. The Bertz CT molecular complexity index is 605. The van der Waals surface area contributed by atoms with Crippen LogP contribution in [-0.2, 0) is 15.7 Å². The van der Waals surface area contributed by atoms with Gasteiger partial charge in [-0.1, -0.05) is 6.92 Å². The molecule has 1 aromatic rings. The SMILES string of the molecule is CC1CCC(N(C)C(=O)COC(=O)c2ccc(C(F)(F)F)cc2)CC1. The number of ether oxygens (including phenoxy) is 1. The fourth-order valence-electron chi connectivity index (χ4n) is 2.94. The molecule has 1 fully saturated rings. The van der Waals surface area contributed by atoms with Crippen LogP contribution in [0, 0.1) is 5.92 Å². The van der Waals surface area contributed by atoms with E-state index >= 15 is 0 Å². The summed E-state index contributed by atoms with van der Waals surface area (Å²) in [5, 5.41) is 0. The van der Waals surface area contributed by atoms with Crippen molar-refractivity contribution >= 4 is 11.9 Å². The van der Waals surface area contributed by atoms with Crippen molar-refractivity contribution < 1.29 is 27.5 Å². The zero-order chi connectivity index (χ0) is 18.6. The second kappa shape index (κ2) is 7.89. The first-order valence-electron chi connectivity index (χ1n) is 8.28. The maximum atomic E-state index is 12.5. The van der Waals surface area contributed by atoms with E-state index in [1.807, 2.05) is 0 Å². The molecule has 0 aliphatic heterocycles. The molecule has 1 aliphatic rings. The predicted octanol–water partition coefficient (Wildman–Crippen LogP) is 3.90. The Morgan fingerprint density at radius 2 is 1.68 bits per heavy atom. The monoisotopic (exact) mass is 357 g/mol. The van der Waals surface area contributed by atoms with Crippen LogP contribution in [-0.4, -0.2) is 36.5 Å². The van der Waals surface area contributed by atoms with Gasteiger partial charge in [-0.25, -0.2) is 4.79 Å². The number of benzene rings is 1. The zero-order valence-corrected chi connectivity index (χ0v) is 14.3. The summed E-state index contributed by atoms with van der Waals surface area (Å²) in [6.45, 7) is 1.77. The van der Waals surface area contributed by atoms with E-state index in [2.05, 4.69) is 6.92 Å². The van der Waals surface area contributed by atoms with Crippen LogP contribution in [0.2, 0.25) is 0 Å². The topological polar surface area (TPSA) is 46.6 Å². The molecule has 0 radical (unpaired) electrons. The van der Waals surface area contributed by atoms with Crippen LogP contribution in [0.25, 0.3) is 0 Å². The molecule has 0 atom stereocenters. The summed E-state index contributed by atoms with van der Waals surface area (Å²) in [4.78, 5) is 25.6. The van der Waals surface area contributed by atoms with Crippen molar-refractivity contribution in [3.8, 4) is 0 Å². The number of hydrogen-bond acceptors (Lipinski definition) is 3. The molecule has 7 heteroatoms. The van der Waals surface area contributed by atoms with Crippen LogP contribution in [0.5, 0.6) is 0 Å². The molecule has 0 saturated heterocycles. The van der Waals surface area contributed by atoms with Crippen molar-refractivity contribution in [3.05, 3.63) is 35.4 Å². The van der Waals surface area contributed by atoms with Crippen LogP contribution in [0.3, 0.4) is 0 Å². The highest BCUT2D eigenvalue weighted by atomic mass is 19.4. The highest BCUT2D eigenvalue weighted by Crippen LogP contribution is 2.29. The van der Waals surface area contributed by atoms with Gasteiger partial charge in [-0.05, 0) is 55.9 Å². The Kier molecular flexibility index (Phi) is 6.08. The predicted molar refractivity (Wildman–Crippen MR) is 85.9 cm³/mol. The first-order chi connectivity index (χ1) is 11.7. The Balaban J connectivity index is 1.85. The second-order valence-electron chi connectivity index (χ2n) is 6.57. The molecule has 25 heavy (non-hydrogen) atoms. The number of amides is 1. The van der Waals surface area contributed by atoms with Crippen LogP contribution in [0.4, 0.5) is 13.2 Å². The van der Waals surface area contributed by atoms with Gasteiger partial charge in [0, 0.05) is 13.1 Å². The quantitative estimate of drug-likeness (QED) is 0.768. The Labute approximate surface area is 144 Å². The summed E-state index contributed by atoms with van der Waals surface area (Å²) in [5.41, 5.74) is -0.860. The fourth-order valence-corrected chi connectivity index (χ4v) is 2.94. The minimum absolute atomic E-state index is 0.0186. The molecular formula is C18H22F3NO3. The molecule has 4 nitrogen and oxygen atoms in total. The van der Waals surface area contributed by atoms with Crippen LogP contribution in [0.1, 0.15) is 48.5 Å². The van der Waals surface area contributed by atoms with Gasteiger partial charge < -0.3 is 9.64 Å². The molecule has 0 spiro atoms. The first kappa shape index (κ1) is 19.3. The van der Waals surface area contributed by atoms with Gasteiger partial charge in [0.05, 0.1) is 11.1 Å². The third kappa shape index (κ3) is 5.21. The van der Waals surface area contributed by atoms with Crippen molar-refractivity contribution in [3.63, 3.8) is 0 Å². The van der Waals surface area contributed by atoms with Gasteiger partial charge in [0.1, 0.15) is 0 Å². The summed E-state index contributed by atoms with van der Waals surface area (Å²) in [6, 6.07) is 3.86. The lowest BCUT2D eigenvalue weighted by Gasteiger charge is -2.33. The van der Waals surface area contributed by atoms with Gasteiger partial charge in [-0.15, -0.1) is 0 Å². The number of alkyl halides is 3. The van der Waals surface area contributed by atoms with Crippen molar-refractivity contribution in [2.45, 2.75) is 44.8 Å². The summed E-state index contributed by atoms with van der Waals surface area (Å²) in [6.07, 6.45) is -0.480. The van der Waals surface area contributed by atoms with Crippen molar-refractivity contribution in [1.82, 2.24) is 4.90 Å². The van der Waals surface area contributed by atoms with Gasteiger partial charge in [-0.2, -0.15) is 13.2 Å². The molecule has 1 aliphatic carbocycles. The van der Waals surface area contributed by atoms with Gasteiger partial charge in [-0.3, -0.25) is 4.79 Å². The van der Waals surface area contributed by atoms with E-state index in [0.29, 0.717) is 5.92 Å². The van der Waals surface area contributed by atoms with Gasteiger partial charge in [0.25, 0.3) is 5.91 Å². The molecule has 0 N–H and O–H groups in total. The lowest BCUT2D eigenvalue weighted by molar-refractivity contribution is -0.137. The number of carbonyl (C=O) groups is 2. The molecule has 0 unspecified atom stereocenters. The average molecular weight is 357 g/mol. The largest absolute Gasteiger partial charge is 0.452 e. The standard InChI is InChI=1S/C18H22F3NO3/c1-12-3-9-15(10-4-12)22(2)16(23)11-25-17(24)13-5-7-14(8-6-13)18(19,20)21/h5-8,12,15H,3-4,9-11H2,1-2H3. The number of halogens is 3. The normalized spacial score (nSPS) is 20.8. The average Bonchev–Trinajstić information content (AvgIpc) is 2.58. The molecule has 1 saturated carbocycles. The number of esters is 1. The maximum Gasteiger partial charge on any atom is 0.416 e. The molecule has 138 valence electrons. The van der Waals surface area contributed by atoms with E-state index in [0.717, 1.165) is 49.9 Å². The van der Waals surface area contributed by atoms with Crippen molar-refractivity contribution in [1.29, 1.82) is 0 Å². The third-order valence-corrected chi connectivity index (χ3v) is 4.70. The molecule has 1 amide bonds. The lowest BCUT2D eigenvalue weighted by Crippen LogP contribution is -2.41. The van der Waals surface area contributed by atoms with E-state index in [1.165, 1.54) is 0 Å². The molecule has 1 aromatic carbocycles. The number of rotatable bonds is 4. The maximum absolute atomic E-state index is 12.5. The lowest BCUT2D eigenvalue weighted by atomic mass is 9.87. The van der Waals surface area contributed by atoms with Crippen LogP contribution >= 0.6 is 0 Å². The minimum Gasteiger partial charge on any atom is -0.452 e. The van der Waals surface area contributed by atoms with Crippen LogP contribution in [0.15, 0.2) is 24.3 Å². The van der Waals surface area contributed by atoms with Gasteiger partial charge >= 0.3 is 12.1 Å². The van der Waals surface area contributed by atoms with Crippen molar-refractivity contribution in [2.24, 2.45) is 5.92 Å². The third-order valence-electron chi connectivity index (χ3n) is 4.70. The van der Waals surface area contributed by atoms with Gasteiger partial charge in [0.15, 0.2) is 6.61 Å². The first-order valence-corrected chi connectivity index (χ1v) is 8.28. The molecular weight excluding hydrogens is 335 g/mol. The molecule has 0 bridgehead atoms. The fraction of sp³-hybridized carbons (Fsp3) is 0.556. The van der Waals surface area contributed by atoms with E-state index < -0.39 is 24.3 Å². The van der Waals surface area contributed by atoms with Crippen LogP contribution < -0.4 is 0 Å². The van der Waals surface area contributed by atoms with Crippen molar-refractivity contribution in [2.75, 3.05) is 13.7 Å². The Morgan fingerprint density at radius 1 is 1.12 bits per heavy atom. The summed E-state index contributed by atoms with van der Waals surface area (Å²) < 4.78 is 42.4. The Morgan fingerprint density at radius 3 is 2.20 bits per heavy atom. The number of hydrogen-bond donors (Lipinski definition) is 0. The zero-order valence-electron chi connectivity index (χ0n) is 14.3. The Hall–Kier alpha value is -2.05. The van der Waals surface area contributed by atoms with E-state index in [1.54, 1.807) is 11.9 Å². The minimum atomic E-state index is -4.46. The molecule has 2 rings (SSSR count). The second-order valence-corrected chi connectivity index (χ2v) is 6.57. The summed E-state index contributed by atoms with van der Waals surface area (Å²) in [7, 11) is 1.69. The highest BCUT2D eigenvalue weighted by Gasteiger charge is 2.30. The van der Waals surface area contributed by atoms with E-state index in [-0.39, 0.29) is 17.5 Å². The smallest absolute Gasteiger partial charge is 0.416 e. The van der Waals surface area contributed by atoms with E-state index in [9.17, 15) is 22.8 Å². The highest BCUT2D eigenvalue weighted by molar-refractivity contribution is 5.91.